The molecule has 1 aromatic heterocycles. The van der Waals surface area contributed by atoms with Gasteiger partial charge in [0.1, 0.15) is 6.04 Å². The smallest absolute Gasteiger partial charge is 0.246 e. The van der Waals surface area contributed by atoms with Gasteiger partial charge >= 0.3 is 0 Å². The van der Waals surface area contributed by atoms with Gasteiger partial charge in [0, 0.05) is 30.0 Å². The first-order valence-electron chi connectivity index (χ1n) is 12.7. The molecule has 10 heteroatoms. The Hall–Kier alpha value is -4.02. The summed E-state index contributed by atoms with van der Waals surface area (Å²) in [5, 5.41) is 17.4. The molecular weight excluding hydrogens is 510 g/mol. The molecule has 0 saturated heterocycles. The fourth-order valence-corrected chi connectivity index (χ4v) is 5.19. The number of aromatic amines is 1. The van der Waals surface area contributed by atoms with Gasteiger partial charge in [-0.15, -0.1) is 16.9 Å². The number of thioether (sulfide) groups is 1. The highest BCUT2D eigenvalue weighted by atomic mass is 32.2. The minimum absolute atomic E-state index is 0.149. The fraction of sp³-hybridized carbons (Fsp3) is 0.276. The van der Waals surface area contributed by atoms with E-state index in [1.807, 2.05) is 54.8 Å². The second-order valence-corrected chi connectivity index (χ2v) is 11.2. The molecule has 4 N–H and O–H groups in total. The number of fused-ring (bicyclic) bond motifs is 1. The van der Waals surface area contributed by atoms with Gasteiger partial charge in [0.15, 0.2) is 5.82 Å². The van der Waals surface area contributed by atoms with Gasteiger partial charge in [0.25, 0.3) is 0 Å². The van der Waals surface area contributed by atoms with Crippen molar-refractivity contribution < 1.29 is 9.59 Å². The molecule has 1 atom stereocenters. The summed E-state index contributed by atoms with van der Waals surface area (Å²) in [6.45, 7) is 4.05. The zero-order chi connectivity index (χ0) is 27.6. The largest absolute Gasteiger partial charge is 0.342 e. The van der Waals surface area contributed by atoms with Crippen molar-refractivity contribution in [2.45, 2.75) is 49.8 Å². The van der Waals surface area contributed by atoms with Crippen LogP contribution in [0.5, 0.6) is 0 Å². The Morgan fingerprint density at radius 1 is 1.10 bits per heavy atom. The maximum absolute atomic E-state index is 13.9. The molecule has 0 spiro atoms. The molecule has 0 unspecified atom stereocenters. The van der Waals surface area contributed by atoms with E-state index in [2.05, 4.69) is 44.1 Å². The number of carbonyl (C=O) groups is 2. The topological polar surface area (TPSA) is 130 Å². The summed E-state index contributed by atoms with van der Waals surface area (Å²) >= 11 is 1.65. The van der Waals surface area contributed by atoms with Crippen LogP contribution in [0.25, 0.3) is 22.5 Å². The highest BCUT2D eigenvalue weighted by Gasteiger charge is 2.34. The molecule has 1 aliphatic rings. The number of aromatic nitrogens is 4. The van der Waals surface area contributed by atoms with Crippen molar-refractivity contribution in [3.8, 4) is 22.5 Å². The van der Waals surface area contributed by atoms with Crippen molar-refractivity contribution >= 4 is 23.6 Å². The van der Waals surface area contributed by atoms with E-state index in [-0.39, 0.29) is 11.8 Å². The van der Waals surface area contributed by atoms with Crippen molar-refractivity contribution in [2.24, 2.45) is 5.73 Å². The zero-order valence-corrected chi connectivity index (χ0v) is 23.0. The van der Waals surface area contributed by atoms with E-state index in [0.29, 0.717) is 25.3 Å². The molecule has 2 amide bonds. The van der Waals surface area contributed by atoms with E-state index >= 15 is 0 Å². The molecule has 0 bridgehead atoms. The standard InChI is InChI=1S/C29H31N7O2S/c1-29(2,30)28(38)31-25-15-21-14-22(39-3)11-10-20(21)17-36(27(25)37)16-18-9-12-23(19-7-5-4-6-8-19)24(13-18)26-32-34-35-33-26/h4-14,25H,15-17,30H2,1-3H3,(H,31,38)(H,32,33,34,35)/t25-/m1/s1. The van der Waals surface area contributed by atoms with Gasteiger partial charge in [-0.3, -0.25) is 9.59 Å². The van der Waals surface area contributed by atoms with E-state index in [1.165, 1.54) is 0 Å². The van der Waals surface area contributed by atoms with Crippen LogP contribution in [0.3, 0.4) is 0 Å². The highest BCUT2D eigenvalue weighted by molar-refractivity contribution is 7.98. The summed E-state index contributed by atoms with van der Waals surface area (Å²) in [4.78, 5) is 29.6. The summed E-state index contributed by atoms with van der Waals surface area (Å²) in [7, 11) is 0. The van der Waals surface area contributed by atoms with Crippen molar-refractivity contribution in [3.63, 3.8) is 0 Å². The van der Waals surface area contributed by atoms with Gasteiger partial charge in [-0.05, 0) is 76.5 Å². The Morgan fingerprint density at radius 3 is 2.59 bits per heavy atom. The third kappa shape index (κ3) is 5.86. The van der Waals surface area contributed by atoms with Gasteiger partial charge in [0.05, 0.1) is 5.54 Å². The lowest BCUT2D eigenvalue weighted by molar-refractivity contribution is -0.138. The number of tetrazole rings is 1. The molecule has 0 fully saturated rings. The number of H-pyrrole nitrogens is 1. The number of nitrogens with one attached hydrogen (secondary N) is 2. The maximum Gasteiger partial charge on any atom is 0.246 e. The fourth-order valence-electron chi connectivity index (χ4n) is 4.72. The van der Waals surface area contributed by atoms with Crippen LogP contribution in [0, 0.1) is 0 Å². The van der Waals surface area contributed by atoms with Crippen LogP contribution >= 0.6 is 11.8 Å². The van der Waals surface area contributed by atoms with Crippen LogP contribution in [-0.2, 0) is 29.1 Å². The molecule has 200 valence electrons. The van der Waals surface area contributed by atoms with Crippen molar-refractivity contribution in [1.29, 1.82) is 0 Å². The van der Waals surface area contributed by atoms with Crippen LogP contribution in [-0.4, -0.2) is 55.2 Å². The van der Waals surface area contributed by atoms with Gasteiger partial charge in [-0.2, -0.15) is 0 Å². The lowest BCUT2D eigenvalue weighted by atomic mass is 9.96. The summed E-state index contributed by atoms with van der Waals surface area (Å²) in [5.74, 6) is 0.0327. The van der Waals surface area contributed by atoms with Gasteiger partial charge in [0.2, 0.25) is 11.8 Å². The third-order valence-electron chi connectivity index (χ3n) is 6.84. The van der Waals surface area contributed by atoms with Gasteiger partial charge in [-0.1, -0.05) is 48.5 Å². The van der Waals surface area contributed by atoms with Crippen LogP contribution < -0.4 is 11.1 Å². The Kier molecular flexibility index (Phi) is 7.49. The molecule has 39 heavy (non-hydrogen) atoms. The first-order chi connectivity index (χ1) is 18.7. The van der Waals surface area contributed by atoms with Gasteiger partial charge < -0.3 is 16.0 Å². The maximum atomic E-state index is 13.9. The summed E-state index contributed by atoms with van der Waals surface area (Å²) in [5.41, 5.74) is 10.8. The number of carbonyl (C=O) groups excluding carboxylic acids is 2. The summed E-state index contributed by atoms with van der Waals surface area (Å²) in [6.07, 6.45) is 2.43. The van der Waals surface area contributed by atoms with Crippen LogP contribution in [0.1, 0.15) is 30.5 Å². The molecule has 4 aromatic rings. The number of hydrogen-bond acceptors (Lipinski definition) is 7. The van der Waals surface area contributed by atoms with E-state index in [0.717, 1.165) is 38.3 Å². The SMILES string of the molecule is CSc1ccc2c(c1)C[C@@H](NC(=O)C(C)(C)N)C(=O)N(Cc1ccc(-c3ccccc3)c(-c3nnn[nH]3)c1)C2. The van der Waals surface area contributed by atoms with E-state index in [1.54, 1.807) is 30.5 Å². The molecule has 0 aliphatic carbocycles. The number of nitrogens with zero attached hydrogens (tertiary/aromatic N) is 4. The minimum atomic E-state index is -1.10. The van der Waals surface area contributed by atoms with E-state index in [4.69, 9.17) is 5.73 Å². The first kappa shape index (κ1) is 26.6. The Labute approximate surface area is 231 Å². The van der Waals surface area contributed by atoms with Gasteiger partial charge in [-0.25, -0.2) is 5.10 Å². The van der Waals surface area contributed by atoms with Crippen molar-refractivity contribution in [2.75, 3.05) is 6.26 Å². The average molecular weight is 542 g/mol. The predicted octanol–water partition coefficient (Wildman–Crippen LogP) is 3.56. The first-order valence-corrected chi connectivity index (χ1v) is 13.9. The Bertz CT molecular complexity index is 1480. The number of nitrogens with two attached hydrogens (primary N) is 1. The zero-order valence-electron chi connectivity index (χ0n) is 22.1. The number of benzene rings is 3. The molecule has 1 aliphatic heterocycles. The van der Waals surface area contributed by atoms with Crippen LogP contribution in [0.15, 0.2) is 71.6 Å². The molecule has 0 radical (unpaired) electrons. The molecule has 9 nitrogen and oxygen atoms in total. The molecular formula is C29H31N7O2S. The molecule has 2 heterocycles. The monoisotopic (exact) mass is 541 g/mol. The second kappa shape index (κ2) is 11.0. The van der Waals surface area contributed by atoms with E-state index < -0.39 is 11.6 Å². The number of rotatable bonds is 7. The number of amides is 2. The van der Waals surface area contributed by atoms with Crippen LogP contribution in [0.2, 0.25) is 0 Å². The quantitative estimate of drug-likeness (QED) is 0.305. The Morgan fingerprint density at radius 2 is 1.90 bits per heavy atom. The van der Waals surface area contributed by atoms with Crippen molar-refractivity contribution in [3.05, 3.63) is 83.4 Å². The number of hydrogen-bond donors (Lipinski definition) is 3. The summed E-state index contributed by atoms with van der Waals surface area (Å²) in [6, 6.07) is 21.6. The molecule has 0 saturated carbocycles. The normalized spacial score (nSPS) is 15.5. The lowest BCUT2D eigenvalue weighted by Crippen LogP contribution is -2.56. The van der Waals surface area contributed by atoms with E-state index in [9.17, 15) is 9.59 Å². The lowest BCUT2D eigenvalue weighted by Gasteiger charge is -2.27. The predicted molar refractivity (Wildman–Crippen MR) is 151 cm³/mol. The third-order valence-corrected chi connectivity index (χ3v) is 7.57. The average Bonchev–Trinajstić information content (AvgIpc) is 3.44. The van der Waals surface area contributed by atoms with Crippen molar-refractivity contribution in [1.82, 2.24) is 30.8 Å². The summed E-state index contributed by atoms with van der Waals surface area (Å²) < 4.78 is 0. The highest BCUT2D eigenvalue weighted by Crippen LogP contribution is 2.32. The second-order valence-electron chi connectivity index (χ2n) is 10.3. The Balaban J connectivity index is 1.51. The van der Waals surface area contributed by atoms with Crippen LogP contribution in [0.4, 0.5) is 0 Å². The molecule has 3 aromatic carbocycles. The molecule has 5 rings (SSSR count). The minimum Gasteiger partial charge on any atom is -0.342 e.